The van der Waals surface area contributed by atoms with Crippen molar-refractivity contribution >= 4 is 23.5 Å². The van der Waals surface area contributed by atoms with Crippen molar-refractivity contribution in [2.75, 3.05) is 7.11 Å². The quantitative estimate of drug-likeness (QED) is 0.859. The predicted molar refractivity (Wildman–Crippen MR) is 66.8 cm³/mol. The summed E-state index contributed by atoms with van der Waals surface area (Å²) in [7, 11) is 1.46. The Bertz CT molecular complexity index is 445. The fourth-order valence-electron chi connectivity index (χ4n) is 1.68. The van der Waals surface area contributed by atoms with Gasteiger partial charge in [0.2, 0.25) is 5.91 Å². The molecule has 0 aliphatic carbocycles. The molecule has 0 aliphatic heterocycles. The van der Waals surface area contributed by atoms with Crippen LogP contribution in [-0.2, 0) is 9.59 Å². The van der Waals surface area contributed by atoms with Gasteiger partial charge >= 0.3 is 5.97 Å². The first-order valence-electron chi connectivity index (χ1n) is 5.27. The van der Waals surface area contributed by atoms with Gasteiger partial charge in [0.05, 0.1) is 19.6 Å². The fraction of sp³-hybridized carbons (Fsp3) is 0.333. The zero-order valence-corrected chi connectivity index (χ0v) is 10.8. The van der Waals surface area contributed by atoms with E-state index in [2.05, 4.69) is 5.32 Å². The number of benzene rings is 1. The summed E-state index contributed by atoms with van der Waals surface area (Å²) < 4.78 is 5.14. The molecule has 1 rings (SSSR count). The zero-order valence-electron chi connectivity index (χ0n) is 10.1. The number of carboxylic acids is 1. The van der Waals surface area contributed by atoms with E-state index in [-0.39, 0.29) is 12.3 Å². The molecule has 18 heavy (non-hydrogen) atoms. The van der Waals surface area contributed by atoms with E-state index in [9.17, 15) is 9.59 Å². The van der Waals surface area contributed by atoms with Crippen LogP contribution < -0.4 is 10.1 Å². The molecule has 1 aromatic carbocycles. The van der Waals surface area contributed by atoms with Crippen LogP contribution in [0.1, 0.15) is 24.9 Å². The van der Waals surface area contributed by atoms with Crippen LogP contribution in [0.15, 0.2) is 18.2 Å². The molecule has 2 N–H and O–H groups in total. The maximum Gasteiger partial charge on any atom is 0.305 e. The molecule has 0 bridgehead atoms. The minimum absolute atomic E-state index is 0.264. The molecule has 1 atom stereocenters. The fourth-order valence-corrected chi connectivity index (χ4v) is 1.98. The average molecular weight is 272 g/mol. The molecule has 0 aromatic heterocycles. The Hall–Kier alpha value is -1.75. The summed E-state index contributed by atoms with van der Waals surface area (Å²) in [6.45, 7) is 1.32. The van der Waals surface area contributed by atoms with Crippen molar-refractivity contribution in [2.24, 2.45) is 0 Å². The molecule has 0 fully saturated rings. The van der Waals surface area contributed by atoms with Crippen LogP contribution in [0.4, 0.5) is 0 Å². The Balaban J connectivity index is 3.18. The molecule has 0 saturated heterocycles. The number of carboxylic acid groups (broad SMARTS) is 1. The van der Waals surface area contributed by atoms with Crippen LogP contribution in [0.25, 0.3) is 0 Å². The van der Waals surface area contributed by atoms with Gasteiger partial charge in [-0.25, -0.2) is 0 Å². The van der Waals surface area contributed by atoms with Crippen LogP contribution in [-0.4, -0.2) is 24.1 Å². The molecule has 5 nitrogen and oxygen atoms in total. The van der Waals surface area contributed by atoms with Crippen LogP contribution >= 0.6 is 11.6 Å². The Morgan fingerprint density at radius 1 is 1.50 bits per heavy atom. The van der Waals surface area contributed by atoms with Gasteiger partial charge < -0.3 is 15.2 Å². The molecule has 1 amide bonds. The summed E-state index contributed by atoms with van der Waals surface area (Å²) in [5.41, 5.74) is 0.472. The highest BCUT2D eigenvalue weighted by molar-refractivity contribution is 6.31. The van der Waals surface area contributed by atoms with Crippen LogP contribution in [0.2, 0.25) is 5.02 Å². The number of nitrogens with one attached hydrogen (secondary N) is 1. The van der Waals surface area contributed by atoms with Crippen molar-refractivity contribution in [2.45, 2.75) is 19.4 Å². The summed E-state index contributed by atoms with van der Waals surface area (Å²) in [5.74, 6) is -0.915. The second-order valence-electron chi connectivity index (χ2n) is 3.71. The molecule has 98 valence electrons. The van der Waals surface area contributed by atoms with Crippen molar-refractivity contribution in [3.05, 3.63) is 28.8 Å². The first-order valence-corrected chi connectivity index (χ1v) is 5.64. The highest BCUT2D eigenvalue weighted by atomic mass is 35.5. The normalized spacial score (nSPS) is 11.7. The van der Waals surface area contributed by atoms with Gasteiger partial charge in [-0.2, -0.15) is 0 Å². The van der Waals surface area contributed by atoms with Crippen LogP contribution in [0.3, 0.4) is 0 Å². The first-order chi connectivity index (χ1) is 8.45. The Morgan fingerprint density at radius 2 is 2.17 bits per heavy atom. The van der Waals surface area contributed by atoms with Gasteiger partial charge in [-0.05, 0) is 12.1 Å². The molecular weight excluding hydrogens is 258 g/mol. The average Bonchev–Trinajstić information content (AvgIpc) is 2.26. The van der Waals surface area contributed by atoms with Gasteiger partial charge in [-0.3, -0.25) is 9.59 Å². The number of amides is 1. The van der Waals surface area contributed by atoms with Gasteiger partial charge in [-0.15, -0.1) is 0 Å². The summed E-state index contributed by atoms with van der Waals surface area (Å²) in [5, 5.41) is 11.8. The zero-order chi connectivity index (χ0) is 13.7. The molecule has 0 spiro atoms. The van der Waals surface area contributed by atoms with Gasteiger partial charge in [0.15, 0.2) is 0 Å². The van der Waals surface area contributed by atoms with E-state index < -0.39 is 12.0 Å². The Morgan fingerprint density at radius 3 is 2.67 bits per heavy atom. The van der Waals surface area contributed by atoms with E-state index in [0.29, 0.717) is 16.3 Å². The number of carbonyl (C=O) groups excluding carboxylic acids is 1. The van der Waals surface area contributed by atoms with E-state index in [1.54, 1.807) is 18.2 Å². The third-order valence-electron chi connectivity index (χ3n) is 2.34. The number of halogens is 1. The number of ether oxygens (including phenoxy) is 1. The monoisotopic (exact) mass is 271 g/mol. The van der Waals surface area contributed by atoms with E-state index >= 15 is 0 Å². The van der Waals surface area contributed by atoms with Crippen molar-refractivity contribution in [3.8, 4) is 5.75 Å². The number of hydrogen-bond donors (Lipinski definition) is 2. The molecule has 1 aromatic rings. The lowest BCUT2D eigenvalue weighted by Crippen LogP contribution is -2.28. The number of methoxy groups -OCH3 is 1. The lowest BCUT2D eigenvalue weighted by molar-refractivity contribution is -0.137. The summed E-state index contributed by atoms with van der Waals surface area (Å²) in [6, 6.07) is 4.26. The lowest BCUT2D eigenvalue weighted by Gasteiger charge is -2.20. The number of aliphatic carboxylic acids is 1. The lowest BCUT2D eigenvalue weighted by atomic mass is 10.0. The van der Waals surface area contributed by atoms with Gasteiger partial charge in [-0.1, -0.05) is 17.7 Å². The predicted octanol–water partition coefficient (Wildman–Crippen LogP) is 2.00. The molecule has 0 aliphatic rings. The van der Waals surface area contributed by atoms with E-state index in [1.807, 2.05) is 0 Å². The highest BCUT2D eigenvalue weighted by Gasteiger charge is 2.22. The molecular formula is C12H14ClNO4. The van der Waals surface area contributed by atoms with Gasteiger partial charge in [0.1, 0.15) is 5.75 Å². The Kier molecular flexibility index (Phi) is 4.97. The van der Waals surface area contributed by atoms with Crippen LogP contribution in [0, 0.1) is 0 Å². The number of carbonyl (C=O) groups is 2. The van der Waals surface area contributed by atoms with Crippen molar-refractivity contribution in [3.63, 3.8) is 0 Å². The molecule has 0 unspecified atom stereocenters. The maximum absolute atomic E-state index is 11.1. The van der Waals surface area contributed by atoms with E-state index in [0.717, 1.165) is 0 Å². The molecule has 0 radical (unpaired) electrons. The molecule has 6 heteroatoms. The van der Waals surface area contributed by atoms with Crippen molar-refractivity contribution in [1.82, 2.24) is 5.32 Å². The second-order valence-corrected chi connectivity index (χ2v) is 4.11. The van der Waals surface area contributed by atoms with Crippen LogP contribution in [0.5, 0.6) is 5.75 Å². The maximum atomic E-state index is 11.1. The number of rotatable bonds is 5. The van der Waals surface area contributed by atoms with Gasteiger partial charge in [0.25, 0.3) is 0 Å². The summed E-state index contributed by atoms with van der Waals surface area (Å²) >= 11 is 6.05. The minimum atomic E-state index is -1.03. The summed E-state index contributed by atoms with van der Waals surface area (Å²) in [4.78, 5) is 22.0. The second kappa shape index (κ2) is 6.26. The first kappa shape index (κ1) is 14.3. The Labute approximate surface area is 110 Å². The smallest absolute Gasteiger partial charge is 0.305 e. The van der Waals surface area contributed by atoms with Crippen molar-refractivity contribution < 1.29 is 19.4 Å². The third kappa shape index (κ3) is 3.63. The largest absolute Gasteiger partial charge is 0.496 e. The summed E-state index contributed by atoms with van der Waals surface area (Å²) in [6.07, 6.45) is -0.264. The SMILES string of the molecule is COc1cccc(Cl)c1[C@H](CC(=O)O)NC(C)=O. The highest BCUT2D eigenvalue weighted by Crippen LogP contribution is 2.33. The van der Waals surface area contributed by atoms with Crippen molar-refractivity contribution in [1.29, 1.82) is 0 Å². The standard InChI is InChI=1S/C12H14ClNO4/c1-7(15)14-9(6-11(16)17)12-8(13)4-3-5-10(12)18-2/h3-5,9H,6H2,1-2H3,(H,14,15)(H,16,17)/t9-/m0/s1. The van der Waals surface area contributed by atoms with E-state index in [4.69, 9.17) is 21.4 Å². The molecule has 0 saturated carbocycles. The molecule has 0 heterocycles. The van der Waals surface area contributed by atoms with E-state index in [1.165, 1.54) is 14.0 Å². The van der Waals surface area contributed by atoms with Gasteiger partial charge in [0, 0.05) is 17.5 Å². The minimum Gasteiger partial charge on any atom is -0.496 e. The third-order valence-corrected chi connectivity index (χ3v) is 2.67. The number of hydrogen-bond acceptors (Lipinski definition) is 3. The topological polar surface area (TPSA) is 75.6 Å².